The van der Waals surface area contributed by atoms with Gasteiger partial charge < -0.3 is 10.1 Å². The molecule has 88 valence electrons. The summed E-state index contributed by atoms with van der Waals surface area (Å²) in [5.41, 5.74) is 0.359. The molecule has 0 aliphatic carbocycles. The summed E-state index contributed by atoms with van der Waals surface area (Å²) in [5.74, 6) is -0.997. The van der Waals surface area contributed by atoms with Crippen LogP contribution >= 0.6 is 15.9 Å². The molecule has 1 atom stereocenters. The van der Waals surface area contributed by atoms with E-state index in [0.717, 1.165) is 0 Å². The number of anilines is 1. The van der Waals surface area contributed by atoms with Crippen molar-refractivity contribution in [2.45, 2.75) is 6.92 Å². The minimum absolute atomic E-state index is 0.319. The van der Waals surface area contributed by atoms with Crippen molar-refractivity contribution in [3.8, 4) is 0 Å². The Hall–Kier alpha value is -1.10. The first-order chi connectivity index (χ1) is 7.56. The van der Waals surface area contributed by atoms with Crippen LogP contribution in [0.4, 0.5) is 10.1 Å². The summed E-state index contributed by atoms with van der Waals surface area (Å²) >= 11 is 3.23. The largest absolute Gasteiger partial charge is 0.469 e. The predicted octanol–water partition coefficient (Wildman–Crippen LogP) is 2.81. The fourth-order valence-corrected chi connectivity index (χ4v) is 1.69. The van der Waals surface area contributed by atoms with E-state index in [4.69, 9.17) is 0 Å². The standard InChI is InChI=1S/C11H13BrFNO2/c1-7(11(15)16-2)6-14-10-8(12)4-3-5-9(10)13/h3-5,7,14H,6H2,1-2H3. The Bertz CT molecular complexity index is 364. The van der Waals surface area contributed by atoms with Gasteiger partial charge in [0.1, 0.15) is 5.82 Å². The zero-order chi connectivity index (χ0) is 12.1. The van der Waals surface area contributed by atoms with Crippen LogP contribution < -0.4 is 5.32 Å². The summed E-state index contributed by atoms with van der Waals surface area (Å²) < 4.78 is 18.6. The highest BCUT2D eigenvalue weighted by Gasteiger charge is 2.14. The molecule has 0 saturated heterocycles. The van der Waals surface area contributed by atoms with Crippen molar-refractivity contribution in [1.29, 1.82) is 0 Å². The smallest absolute Gasteiger partial charge is 0.310 e. The van der Waals surface area contributed by atoms with Crippen LogP contribution in [0.3, 0.4) is 0 Å². The fourth-order valence-electron chi connectivity index (χ4n) is 1.21. The normalized spacial score (nSPS) is 12.0. The number of ether oxygens (including phenoxy) is 1. The summed E-state index contributed by atoms with van der Waals surface area (Å²) in [4.78, 5) is 11.1. The monoisotopic (exact) mass is 289 g/mol. The molecule has 0 bridgehead atoms. The van der Waals surface area contributed by atoms with Crippen LogP contribution in [0.5, 0.6) is 0 Å². The van der Waals surface area contributed by atoms with Crippen LogP contribution in [0.1, 0.15) is 6.92 Å². The molecule has 3 nitrogen and oxygen atoms in total. The molecule has 0 spiro atoms. The first-order valence-corrected chi connectivity index (χ1v) is 5.61. The summed E-state index contributed by atoms with van der Waals surface area (Å²) in [7, 11) is 1.33. The summed E-state index contributed by atoms with van der Waals surface area (Å²) in [6, 6.07) is 4.69. The highest BCUT2D eigenvalue weighted by Crippen LogP contribution is 2.25. The van der Waals surface area contributed by atoms with Crippen LogP contribution in [0.2, 0.25) is 0 Å². The minimum Gasteiger partial charge on any atom is -0.469 e. The van der Waals surface area contributed by atoms with Gasteiger partial charge in [0.2, 0.25) is 0 Å². The van der Waals surface area contributed by atoms with Crippen LogP contribution in [0, 0.1) is 11.7 Å². The van der Waals surface area contributed by atoms with E-state index in [-0.39, 0.29) is 17.7 Å². The van der Waals surface area contributed by atoms with Crippen LogP contribution in [-0.4, -0.2) is 19.6 Å². The Kier molecular flexibility index (Phi) is 4.73. The number of para-hydroxylation sites is 1. The number of carbonyl (C=O) groups is 1. The number of benzene rings is 1. The maximum absolute atomic E-state index is 13.4. The zero-order valence-electron chi connectivity index (χ0n) is 9.09. The Labute approximate surface area is 102 Å². The molecule has 0 aliphatic heterocycles. The summed E-state index contributed by atoms with van der Waals surface area (Å²) in [5, 5.41) is 2.87. The number of rotatable bonds is 4. The molecule has 0 saturated carbocycles. The topological polar surface area (TPSA) is 38.3 Å². The van der Waals surface area contributed by atoms with E-state index in [1.807, 2.05) is 0 Å². The van der Waals surface area contributed by atoms with Gasteiger partial charge in [0, 0.05) is 11.0 Å². The van der Waals surface area contributed by atoms with Crippen molar-refractivity contribution >= 4 is 27.6 Å². The highest BCUT2D eigenvalue weighted by molar-refractivity contribution is 9.10. The molecule has 0 fully saturated rings. The molecule has 0 radical (unpaired) electrons. The van der Waals surface area contributed by atoms with Gasteiger partial charge >= 0.3 is 5.97 Å². The number of hydrogen-bond donors (Lipinski definition) is 1. The van der Waals surface area contributed by atoms with Crippen LogP contribution in [0.15, 0.2) is 22.7 Å². The maximum atomic E-state index is 13.4. The first kappa shape index (κ1) is 13.0. The van der Waals surface area contributed by atoms with Gasteiger partial charge in [-0.15, -0.1) is 0 Å². The van der Waals surface area contributed by atoms with Crippen molar-refractivity contribution in [3.63, 3.8) is 0 Å². The molecule has 0 amide bonds. The molecule has 1 aromatic rings. The van der Waals surface area contributed by atoms with Crippen molar-refractivity contribution in [2.75, 3.05) is 19.0 Å². The van der Waals surface area contributed by atoms with E-state index in [1.165, 1.54) is 13.2 Å². The average molecular weight is 290 g/mol. The van der Waals surface area contributed by atoms with Crippen molar-refractivity contribution < 1.29 is 13.9 Å². The van der Waals surface area contributed by atoms with Gasteiger partial charge in [-0.25, -0.2) is 4.39 Å². The van der Waals surface area contributed by atoms with E-state index in [9.17, 15) is 9.18 Å². The Morgan fingerprint density at radius 2 is 2.31 bits per heavy atom. The van der Waals surface area contributed by atoms with Gasteiger partial charge in [-0.3, -0.25) is 4.79 Å². The third-order valence-corrected chi connectivity index (χ3v) is 2.81. The molecular weight excluding hydrogens is 277 g/mol. The molecule has 1 unspecified atom stereocenters. The summed E-state index contributed by atoms with van der Waals surface area (Å²) in [6.07, 6.45) is 0. The second-order valence-corrected chi connectivity index (χ2v) is 4.26. The maximum Gasteiger partial charge on any atom is 0.310 e. The van der Waals surface area contributed by atoms with Crippen LogP contribution in [-0.2, 0) is 9.53 Å². The Morgan fingerprint density at radius 1 is 1.62 bits per heavy atom. The third-order valence-electron chi connectivity index (χ3n) is 2.15. The SMILES string of the molecule is COC(=O)C(C)CNc1c(F)cccc1Br. The third kappa shape index (κ3) is 3.20. The molecule has 1 N–H and O–H groups in total. The number of nitrogens with one attached hydrogen (secondary N) is 1. The summed E-state index contributed by atoms with van der Waals surface area (Å²) in [6.45, 7) is 2.04. The lowest BCUT2D eigenvalue weighted by atomic mass is 10.2. The average Bonchev–Trinajstić information content (AvgIpc) is 2.27. The highest BCUT2D eigenvalue weighted by atomic mass is 79.9. The van der Waals surface area contributed by atoms with Crippen molar-refractivity contribution in [2.24, 2.45) is 5.92 Å². The lowest BCUT2D eigenvalue weighted by Gasteiger charge is -2.13. The minimum atomic E-state index is -0.355. The molecule has 5 heteroatoms. The van der Waals surface area contributed by atoms with Gasteiger partial charge in [-0.2, -0.15) is 0 Å². The molecule has 0 aliphatic rings. The van der Waals surface area contributed by atoms with E-state index in [1.54, 1.807) is 19.1 Å². The molecule has 1 aromatic carbocycles. The van der Waals surface area contributed by atoms with E-state index < -0.39 is 0 Å². The van der Waals surface area contributed by atoms with E-state index in [2.05, 4.69) is 26.0 Å². The molecule has 0 heterocycles. The second kappa shape index (κ2) is 5.84. The number of carbonyl (C=O) groups excluding carboxylic acids is 1. The van der Waals surface area contributed by atoms with Gasteiger partial charge in [0.15, 0.2) is 0 Å². The number of methoxy groups -OCH3 is 1. The quantitative estimate of drug-likeness (QED) is 0.867. The predicted molar refractivity (Wildman–Crippen MR) is 63.8 cm³/mol. The van der Waals surface area contributed by atoms with Gasteiger partial charge in [-0.05, 0) is 28.1 Å². The number of halogens is 2. The van der Waals surface area contributed by atoms with Gasteiger partial charge in [-0.1, -0.05) is 13.0 Å². The lowest BCUT2D eigenvalue weighted by molar-refractivity contribution is -0.144. The molecule has 1 rings (SSSR count). The zero-order valence-corrected chi connectivity index (χ0v) is 10.7. The first-order valence-electron chi connectivity index (χ1n) is 4.82. The number of esters is 1. The Morgan fingerprint density at radius 3 is 2.88 bits per heavy atom. The molecular formula is C11H13BrFNO2. The molecule has 0 aromatic heterocycles. The van der Waals surface area contributed by atoms with E-state index >= 15 is 0 Å². The van der Waals surface area contributed by atoms with Crippen molar-refractivity contribution in [1.82, 2.24) is 0 Å². The van der Waals surface area contributed by atoms with Gasteiger partial charge in [0.25, 0.3) is 0 Å². The van der Waals surface area contributed by atoms with E-state index in [0.29, 0.717) is 16.7 Å². The molecule has 16 heavy (non-hydrogen) atoms. The fraction of sp³-hybridized carbons (Fsp3) is 0.364. The van der Waals surface area contributed by atoms with Crippen molar-refractivity contribution in [3.05, 3.63) is 28.5 Å². The lowest BCUT2D eigenvalue weighted by Crippen LogP contribution is -2.21. The number of hydrogen-bond acceptors (Lipinski definition) is 3. The second-order valence-electron chi connectivity index (χ2n) is 3.40. The van der Waals surface area contributed by atoms with Gasteiger partial charge in [0.05, 0.1) is 18.7 Å². The Balaban J connectivity index is 2.64. The van der Waals surface area contributed by atoms with Crippen LogP contribution in [0.25, 0.3) is 0 Å².